The Morgan fingerprint density at radius 2 is 1.85 bits per heavy atom. The molecule has 2 atom stereocenters. The molecule has 1 rings (SSSR count). The van der Waals surface area contributed by atoms with E-state index in [1.165, 1.54) is 0 Å². The van der Waals surface area contributed by atoms with Crippen LogP contribution in [0.4, 0.5) is 0 Å². The van der Waals surface area contributed by atoms with Crippen molar-refractivity contribution in [3.8, 4) is 5.75 Å². The molecule has 0 saturated heterocycles. The van der Waals surface area contributed by atoms with E-state index in [9.17, 15) is 5.11 Å². The van der Waals surface area contributed by atoms with E-state index in [2.05, 4.69) is 12.2 Å². The number of hydrogen-bond acceptors (Lipinski definition) is 5. The molecule has 0 aliphatic carbocycles. The molecule has 0 saturated carbocycles. The van der Waals surface area contributed by atoms with Gasteiger partial charge in [0.2, 0.25) is 0 Å². The standard InChI is InChI=1S/C15H25NO4/c1-12(13-4-6-15(19-3)7-5-13)16-10-14(17)11-20-9-8-18-2/h4-7,12,14,16-17H,8-11H2,1-3H3/t12-,14?/m1/s1. The third kappa shape index (κ3) is 6.34. The van der Waals surface area contributed by atoms with Crippen LogP contribution in [-0.2, 0) is 9.47 Å². The summed E-state index contributed by atoms with van der Waals surface area (Å²) in [5, 5.41) is 13.1. The van der Waals surface area contributed by atoms with Gasteiger partial charge in [0.15, 0.2) is 0 Å². The summed E-state index contributed by atoms with van der Waals surface area (Å²) in [5.41, 5.74) is 1.15. The molecule has 1 aromatic rings. The van der Waals surface area contributed by atoms with Crippen LogP contribution in [0.3, 0.4) is 0 Å². The van der Waals surface area contributed by atoms with Crippen molar-refractivity contribution in [3.05, 3.63) is 29.8 Å². The minimum absolute atomic E-state index is 0.162. The van der Waals surface area contributed by atoms with Crippen LogP contribution in [0.1, 0.15) is 18.5 Å². The van der Waals surface area contributed by atoms with Crippen LogP contribution in [0.15, 0.2) is 24.3 Å². The molecule has 1 unspecified atom stereocenters. The van der Waals surface area contributed by atoms with Crippen molar-refractivity contribution in [2.45, 2.75) is 19.1 Å². The number of methoxy groups -OCH3 is 2. The Kier molecular flexibility index (Phi) is 8.22. The van der Waals surface area contributed by atoms with Gasteiger partial charge < -0.3 is 24.6 Å². The second-order valence-electron chi connectivity index (χ2n) is 4.62. The third-order valence-electron chi connectivity index (χ3n) is 3.02. The van der Waals surface area contributed by atoms with Gasteiger partial charge in [-0.2, -0.15) is 0 Å². The minimum atomic E-state index is -0.521. The normalized spacial score (nSPS) is 14.0. The van der Waals surface area contributed by atoms with Crippen molar-refractivity contribution in [1.29, 1.82) is 0 Å². The van der Waals surface area contributed by atoms with Crippen molar-refractivity contribution in [1.82, 2.24) is 5.32 Å². The van der Waals surface area contributed by atoms with E-state index in [1.54, 1.807) is 14.2 Å². The zero-order valence-electron chi connectivity index (χ0n) is 12.5. The van der Waals surface area contributed by atoms with Gasteiger partial charge in [-0.15, -0.1) is 0 Å². The van der Waals surface area contributed by atoms with Crippen LogP contribution in [0.5, 0.6) is 5.75 Å². The average molecular weight is 283 g/mol. The molecule has 0 heterocycles. The summed E-state index contributed by atoms with van der Waals surface area (Å²) >= 11 is 0. The van der Waals surface area contributed by atoms with E-state index in [0.717, 1.165) is 11.3 Å². The predicted molar refractivity (Wildman–Crippen MR) is 78.1 cm³/mol. The van der Waals surface area contributed by atoms with E-state index in [1.807, 2.05) is 24.3 Å². The lowest BCUT2D eigenvalue weighted by atomic mass is 10.1. The lowest BCUT2D eigenvalue weighted by Gasteiger charge is -2.18. The summed E-state index contributed by atoms with van der Waals surface area (Å²) in [6.45, 7) is 3.90. The van der Waals surface area contributed by atoms with Crippen LogP contribution in [0.2, 0.25) is 0 Å². The molecule has 1 aromatic carbocycles. The van der Waals surface area contributed by atoms with Crippen LogP contribution in [0.25, 0.3) is 0 Å². The number of aliphatic hydroxyl groups is 1. The Balaban J connectivity index is 2.25. The number of benzene rings is 1. The van der Waals surface area contributed by atoms with Gasteiger partial charge in [0, 0.05) is 19.7 Å². The van der Waals surface area contributed by atoms with Crippen LogP contribution in [0, 0.1) is 0 Å². The first-order valence-electron chi connectivity index (χ1n) is 6.79. The maximum atomic E-state index is 9.78. The van der Waals surface area contributed by atoms with E-state index < -0.39 is 6.10 Å². The Labute approximate surface area is 120 Å². The Hall–Kier alpha value is -1.14. The largest absolute Gasteiger partial charge is 0.497 e. The van der Waals surface area contributed by atoms with Gasteiger partial charge in [0.25, 0.3) is 0 Å². The Morgan fingerprint density at radius 1 is 1.15 bits per heavy atom. The quantitative estimate of drug-likeness (QED) is 0.635. The SMILES string of the molecule is COCCOCC(O)CN[C@H](C)c1ccc(OC)cc1. The summed E-state index contributed by atoms with van der Waals surface area (Å²) < 4.78 is 15.3. The number of ether oxygens (including phenoxy) is 3. The van der Waals surface area contributed by atoms with E-state index in [0.29, 0.717) is 26.4 Å². The van der Waals surface area contributed by atoms with Crippen LogP contribution in [-0.4, -0.2) is 51.8 Å². The average Bonchev–Trinajstić information content (AvgIpc) is 2.49. The lowest BCUT2D eigenvalue weighted by molar-refractivity contribution is 0.0130. The monoisotopic (exact) mass is 283 g/mol. The van der Waals surface area contributed by atoms with E-state index in [-0.39, 0.29) is 6.04 Å². The summed E-state index contributed by atoms with van der Waals surface area (Å²) in [6.07, 6.45) is -0.521. The molecule has 5 nitrogen and oxygen atoms in total. The van der Waals surface area contributed by atoms with Gasteiger partial charge in [-0.25, -0.2) is 0 Å². The highest BCUT2D eigenvalue weighted by molar-refractivity contribution is 5.28. The summed E-state index contributed by atoms with van der Waals surface area (Å²) in [5.74, 6) is 0.840. The van der Waals surface area contributed by atoms with Gasteiger partial charge in [-0.3, -0.25) is 0 Å². The molecule has 0 amide bonds. The fourth-order valence-electron chi connectivity index (χ4n) is 1.74. The van der Waals surface area contributed by atoms with Gasteiger partial charge in [-0.05, 0) is 24.6 Å². The highest BCUT2D eigenvalue weighted by Gasteiger charge is 2.09. The first-order chi connectivity index (χ1) is 9.67. The second-order valence-corrected chi connectivity index (χ2v) is 4.62. The van der Waals surface area contributed by atoms with Crippen molar-refractivity contribution >= 4 is 0 Å². The van der Waals surface area contributed by atoms with E-state index in [4.69, 9.17) is 14.2 Å². The van der Waals surface area contributed by atoms with Crippen LogP contribution < -0.4 is 10.1 Å². The molecule has 114 valence electrons. The first kappa shape index (κ1) is 16.9. The maximum Gasteiger partial charge on any atom is 0.118 e. The van der Waals surface area contributed by atoms with E-state index >= 15 is 0 Å². The summed E-state index contributed by atoms with van der Waals surface area (Å²) in [6, 6.07) is 8.04. The van der Waals surface area contributed by atoms with Crippen molar-refractivity contribution in [2.75, 3.05) is 40.6 Å². The molecule has 2 N–H and O–H groups in total. The number of nitrogens with one attached hydrogen (secondary N) is 1. The molecule has 0 aliphatic rings. The molecular formula is C15H25NO4. The number of rotatable bonds is 10. The Morgan fingerprint density at radius 3 is 2.45 bits per heavy atom. The summed E-state index contributed by atoms with van der Waals surface area (Å²) in [4.78, 5) is 0. The predicted octanol–water partition coefficient (Wildman–Crippen LogP) is 1.37. The maximum absolute atomic E-state index is 9.78. The number of aliphatic hydroxyl groups excluding tert-OH is 1. The van der Waals surface area contributed by atoms with Crippen molar-refractivity contribution in [3.63, 3.8) is 0 Å². The molecule has 0 aliphatic heterocycles. The molecule has 0 aromatic heterocycles. The molecule has 5 heteroatoms. The molecule has 0 fully saturated rings. The minimum Gasteiger partial charge on any atom is -0.497 e. The van der Waals surface area contributed by atoms with Crippen molar-refractivity contribution in [2.24, 2.45) is 0 Å². The Bertz CT molecular complexity index is 355. The lowest BCUT2D eigenvalue weighted by Crippen LogP contribution is -2.32. The molecule has 0 bridgehead atoms. The first-order valence-corrected chi connectivity index (χ1v) is 6.79. The van der Waals surface area contributed by atoms with Gasteiger partial charge in [0.05, 0.1) is 33.0 Å². The molecular weight excluding hydrogens is 258 g/mol. The highest BCUT2D eigenvalue weighted by Crippen LogP contribution is 2.17. The molecule has 0 spiro atoms. The summed E-state index contributed by atoms with van der Waals surface area (Å²) in [7, 11) is 3.27. The van der Waals surface area contributed by atoms with Crippen molar-refractivity contribution < 1.29 is 19.3 Å². The fraction of sp³-hybridized carbons (Fsp3) is 0.600. The second kappa shape index (κ2) is 9.72. The zero-order chi connectivity index (χ0) is 14.8. The van der Waals surface area contributed by atoms with Gasteiger partial charge in [0.1, 0.15) is 5.75 Å². The van der Waals surface area contributed by atoms with Crippen LogP contribution >= 0.6 is 0 Å². The smallest absolute Gasteiger partial charge is 0.118 e. The zero-order valence-corrected chi connectivity index (χ0v) is 12.5. The van der Waals surface area contributed by atoms with Gasteiger partial charge >= 0.3 is 0 Å². The molecule has 0 radical (unpaired) electrons. The highest BCUT2D eigenvalue weighted by atomic mass is 16.5. The van der Waals surface area contributed by atoms with Gasteiger partial charge in [-0.1, -0.05) is 12.1 Å². The third-order valence-corrected chi connectivity index (χ3v) is 3.02. The fourth-order valence-corrected chi connectivity index (χ4v) is 1.74. The molecule has 20 heavy (non-hydrogen) atoms. The number of hydrogen-bond donors (Lipinski definition) is 2. The topological polar surface area (TPSA) is 60.0 Å².